The molecule has 1 N–H and O–H groups in total. The molecule has 0 saturated carbocycles. The predicted molar refractivity (Wildman–Crippen MR) is 71.2 cm³/mol. The van der Waals surface area contributed by atoms with Crippen LogP contribution in [0.25, 0.3) is 0 Å². The number of aromatic nitrogens is 4. The molecule has 0 amide bonds. The molecule has 0 fully saturated rings. The zero-order valence-corrected chi connectivity index (χ0v) is 11.3. The van der Waals surface area contributed by atoms with Crippen molar-refractivity contribution in [1.82, 2.24) is 24.9 Å². The molecule has 0 radical (unpaired) electrons. The Kier molecular flexibility index (Phi) is 4.15. The molecule has 18 heavy (non-hydrogen) atoms. The molecule has 2 aromatic heterocycles. The van der Waals surface area contributed by atoms with Gasteiger partial charge in [-0.3, -0.25) is 9.36 Å². The van der Waals surface area contributed by atoms with Gasteiger partial charge < -0.3 is 5.32 Å². The van der Waals surface area contributed by atoms with E-state index in [1.807, 2.05) is 35.0 Å². The van der Waals surface area contributed by atoms with Gasteiger partial charge in [0.1, 0.15) is 0 Å². The third kappa shape index (κ3) is 3.20. The van der Waals surface area contributed by atoms with E-state index in [2.05, 4.69) is 35.6 Å². The number of nitrogens with zero attached hydrogens (tertiary/aromatic N) is 4. The van der Waals surface area contributed by atoms with Crippen molar-refractivity contribution >= 4 is 0 Å². The van der Waals surface area contributed by atoms with Crippen molar-refractivity contribution in [3.63, 3.8) is 0 Å². The Hall–Kier alpha value is -1.62. The average Bonchev–Trinajstić information content (AvgIpc) is 2.95. The van der Waals surface area contributed by atoms with Crippen LogP contribution >= 0.6 is 0 Å². The molecule has 5 heteroatoms. The van der Waals surface area contributed by atoms with Gasteiger partial charge in [-0.1, -0.05) is 6.92 Å². The molecular weight excluding hydrogens is 226 g/mol. The molecule has 0 spiro atoms. The lowest BCUT2D eigenvalue weighted by Gasteiger charge is -2.08. The summed E-state index contributed by atoms with van der Waals surface area (Å²) in [4.78, 5) is 0. The van der Waals surface area contributed by atoms with Crippen LogP contribution in [0.15, 0.2) is 24.8 Å². The molecule has 2 heterocycles. The van der Waals surface area contributed by atoms with Crippen LogP contribution in [0.4, 0.5) is 0 Å². The SMILES string of the molecule is CCNC(C)c1cnn(CCc2cnn(C)c2)c1. The maximum atomic E-state index is 4.39. The molecule has 0 aliphatic rings. The first kappa shape index (κ1) is 12.8. The van der Waals surface area contributed by atoms with E-state index >= 15 is 0 Å². The number of nitrogens with one attached hydrogen (secondary N) is 1. The first-order chi connectivity index (χ1) is 8.69. The Labute approximate surface area is 108 Å². The summed E-state index contributed by atoms with van der Waals surface area (Å²) in [6.45, 7) is 6.14. The van der Waals surface area contributed by atoms with Gasteiger partial charge in [-0.15, -0.1) is 0 Å². The Balaban J connectivity index is 1.90. The third-order valence-corrected chi connectivity index (χ3v) is 3.05. The monoisotopic (exact) mass is 247 g/mol. The van der Waals surface area contributed by atoms with Crippen LogP contribution < -0.4 is 5.32 Å². The van der Waals surface area contributed by atoms with E-state index in [-0.39, 0.29) is 0 Å². The minimum Gasteiger partial charge on any atom is -0.310 e. The van der Waals surface area contributed by atoms with Crippen LogP contribution in [0, 0.1) is 0 Å². The van der Waals surface area contributed by atoms with Crippen molar-refractivity contribution in [3.05, 3.63) is 35.9 Å². The Morgan fingerprint density at radius 2 is 2.11 bits per heavy atom. The van der Waals surface area contributed by atoms with Gasteiger partial charge >= 0.3 is 0 Å². The molecule has 0 aromatic carbocycles. The van der Waals surface area contributed by atoms with E-state index in [1.54, 1.807) is 0 Å². The van der Waals surface area contributed by atoms with Crippen LogP contribution in [0.3, 0.4) is 0 Å². The van der Waals surface area contributed by atoms with Crippen LogP contribution in [0.2, 0.25) is 0 Å². The van der Waals surface area contributed by atoms with Gasteiger partial charge in [-0.2, -0.15) is 10.2 Å². The van der Waals surface area contributed by atoms with Gasteiger partial charge in [0, 0.05) is 37.6 Å². The van der Waals surface area contributed by atoms with Crippen molar-refractivity contribution in [2.75, 3.05) is 6.54 Å². The van der Waals surface area contributed by atoms with Crippen molar-refractivity contribution in [2.45, 2.75) is 32.9 Å². The summed E-state index contributed by atoms with van der Waals surface area (Å²) in [5.41, 5.74) is 2.48. The molecule has 1 atom stereocenters. The van der Waals surface area contributed by atoms with E-state index in [9.17, 15) is 0 Å². The molecule has 5 nitrogen and oxygen atoms in total. The average molecular weight is 247 g/mol. The van der Waals surface area contributed by atoms with E-state index in [0.717, 1.165) is 19.5 Å². The fraction of sp³-hybridized carbons (Fsp3) is 0.538. The summed E-state index contributed by atoms with van der Waals surface area (Å²) in [7, 11) is 1.94. The lowest BCUT2D eigenvalue weighted by molar-refractivity contribution is 0.590. The molecule has 98 valence electrons. The standard InChI is InChI=1S/C13H21N5/c1-4-14-11(2)13-8-16-18(10-13)6-5-12-7-15-17(3)9-12/h7-11,14H,4-6H2,1-3H3. The quantitative estimate of drug-likeness (QED) is 0.842. The van der Waals surface area contributed by atoms with Gasteiger partial charge in [-0.25, -0.2) is 0 Å². The van der Waals surface area contributed by atoms with Gasteiger partial charge in [0.25, 0.3) is 0 Å². The minimum atomic E-state index is 0.363. The summed E-state index contributed by atoms with van der Waals surface area (Å²) in [6, 6.07) is 0.363. The second kappa shape index (κ2) is 5.82. The van der Waals surface area contributed by atoms with Crippen molar-refractivity contribution in [1.29, 1.82) is 0 Å². The number of rotatable bonds is 6. The number of aryl methyl sites for hydroxylation is 3. The van der Waals surface area contributed by atoms with E-state index in [4.69, 9.17) is 0 Å². The molecule has 0 bridgehead atoms. The van der Waals surface area contributed by atoms with Crippen LogP contribution in [-0.4, -0.2) is 26.1 Å². The lowest BCUT2D eigenvalue weighted by atomic mass is 10.2. The molecule has 1 unspecified atom stereocenters. The molecule has 0 aliphatic heterocycles. The van der Waals surface area contributed by atoms with E-state index < -0.39 is 0 Å². The van der Waals surface area contributed by atoms with Crippen molar-refractivity contribution < 1.29 is 0 Å². The van der Waals surface area contributed by atoms with Gasteiger partial charge in [0.05, 0.1) is 12.4 Å². The Morgan fingerprint density at radius 3 is 2.78 bits per heavy atom. The summed E-state index contributed by atoms with van der Waals surface area (Å²) < 4.78 is 3.83. The molecule has 0 saturated heterocycles. The summed E-state index contributed by atoms with van der Waals surface area (Å²) in [5.74, 6) is 0. The first-order valence-corrected chi connectivity index (χ1v) is 6.42. The van der Waals surface area contributed by atoms with Crippen molar-refractivity contribution in [3.8, 4) is 0 Å². The smallest absolute Gasteiger partial charge is 0.0537 e. The fourth-order valence-electron chi connectivity index (χ4n) is 1.99. The highest BCUT2D eigenvalue weighted by atomic mass is 15.3. The number of hydrogen-bond acceptors (Lipinski definition) is 3. The lowest BCUT2D eigenvalue weighted by Crippen LogP contribution is -2.17. The summed E-state index contributed by atoms with van der Waals surface area (Å²) in [5, 5.41) is 11.9. The molecule has 0 aliphatic carbocycles. The zero-order valence-electron chi connectivity index (χ0n) is 11.3. The normalized spacial score (nSPS) is 12.8. The Morgan fingerprint density at radius 1 is 1.28 bits per heavy atom. The molecule has 2 aromatic rings. The first-order valence-electron chi connectivity index (χ1n) is 6.42. The molecular formula is C13H21N5. The fourth-order valence-corrected chi connectivity index (χ4v) is 1.99. The van der Waals surface area contributed by atoms with Crippen molar-refractivity contribution in [2.24, 2.45) is 7.05 Å². The summed E-state index contributed by atoms with van der Waals surface area (Å²) in [6.07, 6.45) is 8.97. The van der Waals surface area contributed by atoms with Gasteiger partial charge in [0.2, 0.25) is 0 Å². The maximum absolute atomic E-state index is 4.39. The summed E-state index contributed by atoms with van der Waals surface area (Å²) >= 11 is 0. The highest BCUT2D eigenvalue weighted by Crippen LogP contribution is 2.10. The van der Waals surface area contributed by atoms with Gasteiger partial charge in [-0.05, 0) is 25.5 Å². The van der Waals surface area contributed by atoms with E-state index in [1.165, 1.54) is 11.1 Å². The highest BCUT2D eigenvalue weighted by Gasteiger charge is 2.06. The van der Waals surface area contributed by atoms with Crippen LogP contribution in [-0.2, 0) is 20.0 Å². The second-order valence-electron chi connectivity index (χ2n) is 4.59. The largest absolute Gasteiger partial charge is 0.310 e. The van der Waals surface area contributed by atoms with E-state index in [0.29, 0.717) is 6.04 Å². The predicted octanol–water partition coefficient (Wildman–Crippen LogP) is 1.53. The Bertz CT molecular complexity index is 485. The minimum absolute atomic E-state index is 0.363. The third-order valence-electron chi connectivity index (χ3n) is 3.05. The second-order valence-corrected chi connectivity index (χ2v) is 4.59. The number of hydrogen-bond donors (Lipinski definition) is 1. The molecule has 2 rings (SSSR count). The zero-order chi connectivity index (χ0) is 13.0. The maximum Gasteiger partial charge on any atom is 0.0537 e. The van der Waals surface area contributed by atoms with Crippen LogP contribution in [0.5, 0.6) is 0 Å². The van der Waals surface area contributed by atoms with Gasteiger partial charge in [0.15, 0.2) is 0 Å². The topological polar surface area (TPSA) is 47.7 Å². The highest BCUT2D eigenvalue weighted by molar-refractivity contribution is 5.09. The van der Waals surface area contributed by atoms with Crippen LogP contribution in [0.1, 0.15) is 31.0 Å².